The van der Waals surface area contributed by atoms with Gasteiger partial charge in [-0.1, -0.05) is 6.92 Å². The van der Waals surface area contributed by atoms with E-state index in [1.807, 2.05) is 0 Å². The number of carboxylic acid groups (broad SMARTS) is 1. The highest BCUT2D eigenvalue weighted by molar-refractivity contribution is 5.85. The molecular formula is C17H25NO6. The number of fused-ring (bicyclic) bond motifs is 3. The third kappa shape index (κ3) is 2.58. The second-order valence-corrected chi connectivity index (χ2v) is 8.03. The van der Waals surface area contributed by atoms with E-state index in [-0.39, 0.29) is 34.9 Å². The fraction of sp³-hybridized carbons (Fsp3) is 0.882. The second kappa shape index (κ2) is 6.01. The van der Waals surface area contributed by atoms with E-state index in [9.17, 15) is 24.8 Å². The van der Waals surface area contributed by atoms with Crippen molar-refractivity contribution in [1.82, 2.24) is 0 Å². The molecule has 3 rings (SSSR count). The molecule has 0 aromatic carbocycles. The van der Waals surface area contributed by atoms with E-state index in [1.165, 1.54) is 6.92 Å². The SMILES string of the molecule is CC(=O)[C@@H]1CCC2C(CCC3(C)C(O[N+](=O)[O-])CCC23)[C@H]1C(=O)O. The molecule has 7 nitrogen and oxygen atoms in total. The number of hydrogen-bond donors (Lipinski definition) is 1. The zero-order chi connectivity index (χ0) is 17.6. The zero-order valence-electron chi connectivity index (χ0n) is 14.1. The zero-order valence-corrected chi connectivity index (χ0v) is 14.1. The highest BCUT2D eigenvalue weighted by atomic mass is 17.0. The van der Waals surface area contributed by atoms with Gasteiger partial charge in [0.2, 0.25) is 0 Å². The molecule has 0 saturated heterocycles. The smallest absolute Gasteiger partial charge is 0.307 e. The summed E-state index contributed by atoms with van der Waals surface area (Å²) in [7, 11) is 0. The van der Waals surface area contributed by atoms with Crippen molar-refractivity contribution in [3.05, 3.63) is 10.1 Å². The van der Waals surface area contributed by atoms with Gasteiger partial charge >= 0.3 is 5.97 Å². The van der Waals surface area contributed by atoms with Gasteiger partial charge in [-0.2, -0.15) is 0 Å². The Morgan fingerprint density at radius 3 is 2.46 bits per heavy atom. The average Bonchev–Trinajstić information content (AvgIpc) is 2.82. The summed E-state index contributed by atoms with van der Waals surface area (Å²) in [5, 5.41) is 19.8. The molecule has 7 heteroatoms. The summed E-state index contributed by atoms with van der Waals surface area (Å²) in [6.07, 6.45) is 3.98. The fourth-order valence-electron chi connectivity index (χ4n) is 6.07. The third-order valence-electron chi connectivity index (χ3n) is 7.13. The van der Waals surface area contributed by atoms with E-state index in [2.05, 4.69) is 6.92 Å². The predicted octanol–water partition coefficient (Wildman–Crippen LogP) is 2.71. The molecule has 0 spiro atoms. The first kappa shape index (κ1) is 17.2. The number of carbonyl (C=O) groups is 2. The molecule has 0 amide bonds. The summed E-state index contributed by atoms with van der Waals surface area (Å²) >= 11 is 0. The van der Waals surface area contributed by atoms with Crippen LogP contribution in [-0.2, 0) is 14.4 Å². The van der Waals surface area contributed by atoms with Crippen LogP contribution in [0.4, 0.5) is 0 Å². The lowest BCUT2D eigenvalue weighted by atomic mass is 9.52. The van der Waals surface area contributed by atoms with Crippen molar-refractivity contribution < 1.29 is 24.6 Å². The van der Waals surface area contributed by atoms with Crippen LogP contribution < -0.4 is 0 Å². The monoisotopic (exact) mass is 339 g/mol. The summed E-state index contributed by atoms with van der Waals surface area (Å²) < 4.78 is 0. The molecule has 5 unspecified atom stereocenters. The van der Waals surface area contributed by atoms with Gasteiger partial charge in [0.1, 0.15) is 11.9 Å². The van der Waals surface area contributed by atoms with E-state index >= 15 is 0 Å². The Hall–Kier alpha value is -1.66. The van der Waals surface area contributed by atoms with Crippen LogP contribution >= 0.6 is 0 Å². The van der Waals surface area contributed by atoms with Crippen molar-refractivity contribution in [1.29, 1.82) is 0 Å². The standard InChI is InChI=1S/C17H25NO6/c1-9(19)10-3-4-11-12(15(10)16(20)21)7-8-17(2)13(11)5-6-14(17)24-18(22)23/h10-15H,3-8H2,1-2H3,(H,20,21)/t10-,11?,12?,13?,14?,15-,17?/m0/s1. The highest BCUT2D eigenvalue weighted by Gasteiger charge is 2.59. The van der Waals surface area contributed by atoms with Gasteiger partial charge in [-0.05, 0) is 68.6 Å². The number of ketones is 1. The summed E-state index contributed by atoms with van der Waals surface area (Å²) in [6, 6.07) is 0. The Morgan fingerprint density at radius 2 is 1.88 bits per heavy atom. The molecular weight excluding hydrogens is 314 g/mol. The molecule has 24 heavy (non-hydrogen) atoms. The van der Waals surface area contributed by atoms with Gasteiger partial charge in [0.05, 0.1) is 5.92 Å². The van der Waals surface area contributed by atoms with Crippen molar-refractivity contribution in [2.75, 3.05) is 0 Å². The molecule has 0 heterocycles. The lowest BCUT2D eigenvalue weighted by molar-refractivity contribution is -0.772. The molecule has 1 N–H and O–H groups in total. The molecule has 3 aliphatic rings. The van der Waals surface area contributed by atoms with Gasteiger partial charge in [-0.15, -0.1) is 10.1 Å². The van der Waals surface area contributed by atoms with E-state index in [0.29, 0.717) is 19.3 Å². The number of rotatable bonds is 4. The predicted molar refractivity (Wildman–Crippen MR) is 83.4 cm³/mol. The number of aliphatic carboxylic acids is 1. The first-order chi connectivity index (χ1) is 11.3. The molecule has 0 aromatic heterocycles. The minimum absolute atomic E-state index is 0.00224. The summed E-state index contributed by atoms with van der Waals surface area (Å²) in [6.45, 7) is 3.55. The van der Waals surface area contributed by atoms with Gasteiger partial charge in [-0.3, -0.25) is 9.59 Å². The first-order valence-corrected chi connectivity index (χ1v) is 8.80. The largest absolute Gasteiger partial charge is 0.481 e. The van der Waals surface area contributed by atoms with Crippen molar-refractivity contribution in [2.24, 2.45) is 35.0 Å². The lowest BCUT2D eigenvalue weighted by Crippen LogP contribution is -2.51. The normalized spacial score (nSPS) is 44.2. The van der Waals surface area contributed by atoms with Gasteiger partial charge in [-0.25, -0.2) is 0 Å². The Kier molecular flexibility index (Phi) is 4.30. The van der Waals surface area contributed by atoms with E-state index < -0.39 is 23.1 Å². The molecule has 7 atom stereocenters. The number of Topliss-reactive ketones (excluding diaryl/α,β-unsaturated/α-hetero) is 1. The molecule has 3 aliphatic carbocycles. The first-order valence-electron chi connectivity index (χ1n) is 8.80. The van der Waals surface area contributed by atoms with Gasteiger partial charge in [0.15, 0.2) is 0 Å². The Morgan fingerprint density at radius 1 is 1.17 bits per heavy atom. The summed E-state index contributed by atoms with van der Waals surface area (Å²) in [5.41, 5.74) is -0.264. The average molecular weight is 339 g/mol. The molecule has 0 aromatic rings. The third-order valence-corrected chi connectivity index (χ3v) is 7.13. The van der Waals surface area contributed by atoms with Gasteiger partial charge in [0.25, 0.3) is 5.09 Å². The molecule has 0 bridgehead atoms. The number of nitrogens with zero attached hydrogens (tertiary/aromatic N) is 1. The van der Waals surface area contributed by atoms with Crippen molar-refractivity contribution in [3.8, 4) is 0 Å². The number of carbonyl (C=O) groups excluding carboxylic acids is 1. The minimum atomic E-state index is -0.871. The van der Waals surface area contributed by atoms with Crippen LogP contribution in [-0.4, -0.2) is 28.0 Å². The molecule has 3 fully saturated rings. The van der Waals surface area contributed by atoms with Crippen LogP contribution in [0.25, 0.3) is 0 Å². The molecule has 0 aliphatic heterocycles. The highest BCUT2D eigenvalue weighted by Crippen LogP contribution is 2.61. The molecule has 134 valence electrons. The van der Waals surface area contributed by atoms with Crippen LogP contribution in [0.3, 0.4) is 0 Å². The number of hydrogen-bond acceptors (Lipinski definition) is 5. The maximum atomic E-state index is 11.9. The Bertz CT molecular complexity index is 563. The second-order valence-electron chi connectivity index (χ2n) is 8.03. The quantitative estimate of drug-likeness (QED) is 0.623. The molecule has 0 radical (unpaired) electrons. The van der Waals surface area contributed by atoms with Crippen molar-refractivity contribution >= 4 is 11.8 Å². The van der Waals surface area contributed by atoms with E-state index in [0.717, 1.165) is 19.3 Å². The minimum Gasteiger partial charge on any atom is -0.481 e. The van der Waals surface area contributed by atoms with Crippen LogP contribution in [0.1, 0.15) is 52.4 Å². The van der Waals surface area contributed by atoms with Crippen molar-refractivity contribution in [2.45, 2.75) is 58.5 Å². The molecule has 3 saturated carbocycles. The van der Waals surface area contributed by atoms with Crippen LogP contribution in [0.5, 0.6) is 0 Å². The topological polar surface area (TPSA) is 107 Å². The Labute approximate surface area is 140 Å². The lowest BCUT2D eigenvalue weighted by Gasteiger charge is -2.52. The van der Waals surface area contributed by atoms with Crippen molar-refractivity contribution in [3.63, 3.8) is 0 Å². The van der Waals surface area contributed by atoms with Gasteiger partial charge in [0, 0.05) is 5.92 Å². The summed E-state index contributed by atoms with van der Waals surface area (Å²) in [4.78, 5) is 39.5. The maximum Gasteiger partial charge on any atom is 0.307 e. The van der Waals surface area contributed by atoms with Crippen LogP contribution in [0.15, 0.2) is 0 Å². The fourth-order valence-corrected chi connectivity index (χ4v) is 6.07. The Balaban J connectivity index is 1.85. The summed E-state index contributed by atoms with van der Waals surface area (Å²) in [5.74, 6) is -1.43. The van der Waals surface area contributed by atoms with Crippen LogP contribution in [0, 0.1) is 45.1 Å². The van der Waals surface area contributed by atoms with Gasteiger partial charge < -0.3 is 9.94 Å². The van der Waals surface area contributed by atoms with E-state index in [1.54, 1.807) is 0 Å². The van der Waals surface area contributed by atoms with Crippen LogP contribution in [0.2, 0.25) is 0 Å². The van der Waals surface area contributed by atoms with E-state index in [4.69, 9.17) is 4.84 Å². The number of carboxylic acids is 1. The maximum absolute atomic E-state index is 11.9.